The number of nitrogens with zero attached hydrogens (tertiary/aromatic N) is 2. The van der Waals surface area contributed by atoms with E-state index in [0.29, 0.717) is 10.7 Å². The molecule has 1 aliphatic rings. The van der Waals surface area contributed by atoms with Gasteiger partial charge < -0.3 is 5.32 Å². The van der Waals surface area contributed by atoms with Crippen molar-refractivity contribution in [1.82, 2.24) is 15.3 Å². The minimum Gasteiger partial charge on any atom is -0.350 e. The average molecular weight is 540 g/mol. The van der Waals surface area contributed by atoms with Gasteiger partial charge in [0.15, 0.2) is 0 Å². The first-order valence-electron chi connectivity index (χ1n) is 8.11. The standard InChI is InChI=1S/C18H13Br2ClF3N3O/c19-13(20)7-10-6-12(21)15(26-8-10)17(3-4-17)9-27-16(28)14-11(18(22,23)24)2-1-5-25-14/h1-2,5-8H,3-4,9H2,(H,27,28). The molecule has 1 amide bonds. The quantitative estimate of drug-likeness (QED) is 0.531. The van der Waals surface area contributed by atoms with E-state index in [2.05, 4.69) is 47.1 Å². The van der Waals surface area contributed by atoms with E-state index in [0.717, 1.165) is 40.1 Å². The number of alkyl halides is 3. The lowest BCUT2D eigenvalue weighted by atomic mass is 10.0. The molecule has 1 fully saturated rings. The molecule has 1 N–H and O–H groups in total. The second kappa shape index (κ2) is 8.12. The van der Waals surface area contributed by atoms with Crippen LogP contribution in [0.1, 0.15) is 40.2 Å². The zero-order valence-corrected chi connectivity index (χ0v) is 18.1. The summed E-state index contributed by atoms with van der Waals surface area (Å²) in [5.41, 5.74) is -0.791. The van der Waals surface area contributed by atoms with Gasteiger partial charge in [-0.05, 0) is 74.5 Å². The molecule has 1 saturated carbocycles. The van der Waals surface area contributed by atoms with Gasteiger partial charge in [0.2, 0.25) is 0 Å². The first-order valence-corrected chi connectivity index (χ1v) is 10.1. The van der Waals surface area contributed by atoms with Crippen molar-refractivity contribution in [2.45, 2.75) is 24.4 Å². The van der Waals surface area contributed by atoms with Crippen molar-refractivity contribution in [2.24, 2.45) is 0 Å². The molecule has 148 valence electrons. The summed E-state index contributed by atoms with van der Waals surface area (Å²) in [6, 6.07) is 3.73. The molecule has 0 radical (unpaired) electrons. The number of carbonyl (C=O) groups excluding carboxylic acids is 1. The lowest BCUT2D eigenvalue weighted by Gasteiger charge is -2.18. The maximum atomic E-state index is 13.1. The highest BCUT2D eigenvalue weighted by Crippen LogP contribution is 2.49. The average Bonchev–Trinajstić information content (AvgIpc) is 3.39. The van der Waals surface area contributed by atoms with Gasteiger partial charge in [-0.3, -0.25) is 14.8 Å². The van der Waals surface area contributed by atoms with Crippen molar-refractivity contribution in [3.8, 4) is 0 Å². The van der Waals surface area contributed by atoms with Crippen molar-refractivity contribution in [3.63, 3.8) is 0 Å². The zero-order chi connectivity index (χ0) is 20.5. The minimum absolute atomic E-state index is 0.129. The van der Waals surface area contributed by atoms with Crippen LogP contribution in [0.3, 0.4) is 0 Å². The minimum atomic E-state index is -4.66. The highest BCUT2D eigenvalue weighted by Gasteiger charge is 2.47. The van der Waals surface area contributed by atoms with Crippen LogP contribution in [-0.2, 0) is 11.6 Å². The van der Waals surface area contributed by atoms with E-state index in [4.69, 9.17) is 11.6 Å². The Morgan fingerprint density at radius 3 is 2.61 bits per heavy atom. The summed E-state index contributed by atoms with van der Waals surface area (Å²) >= 11 is 12.9. The first-order chi connectivity index (χ1) is 13.1. The van der Waals surface area contributed by atoms with E-state index in [-0.39, 0.29) is 6.54 Å². The van der Waals surface area contributed by atoms with Gasteiger partial charge in [-0.1, -0.05) is 11.6 Å². The molecule has 3 rings (SSSR count). The highest BCUT2D eigenvalue weighted by atomic mass is 79.9. The van der Waals surface area contributed by atoms with E-state index in [1.807, 2.05) is 0 Å². The van der Waals surface area contributed by atoms with Gasteiger partial charge in [0.1, 0.15) is 5.69 Å². The van der Waals surface area contributed by atoms with Crippen LogP contribution < -0.4 is 5.32 Å². The van der Waals surface area contributed by atoms with Gasteiger partial charge in [0.25, 0.3) is 5.91 Å². The number of carbonyl (C=O) groups is 1. The fourth-order valence-electron chi connectivity index (χ4n) is 2.84. The summed E-state index contributed by atoms with van der Waals surface area (Å²) in [4.78, 5) is 20.3. The van der Waals surface area contributed by atoms with Gasteiger partial charge in [0, 0.05) is 24.4 Å². The third-order valence-corrected chi connectivity index (χ3v) is 5.16. The summed E-state index contributed by atoms with van der Waals surface area (Å²) in [5.74, 6) is -0.877. The van der Waals surface area contributed by atoms with Gasteiger partial charge in [-0.2, -0.15) is 13.2 Å². The van der Waals surface area contributed by atoms with Crippen LogP contribution >= 0.6 is 43.5 Å². The van der Waals surface area contributed by atoms with Crippen LogP contribution in [0.25, 0.3) is 6.08 Å². The molecule has 0 saturated heterocycles. The lowest BCUT2D eigenvalue weighted by Crippen LogP contribution is -2.34. The van der Waals surface area contributed by atoms with Crippen molar-refractivity contribution in [1.29, 1.82) is 0 Å². The summed E-state index contributed by atoms with van der Waals surface area (Å²) < 4.78 is 40.0. The number of amides is 1. The Hall–Kier alpha value is -1.45. The highest BCUT2D eigenvalue weighted by molar-refractivity contribution is 9.28. The molecular weight excluding hydrogens is 526 g/mol. The Labute approximate surface area is 180 Å². The molecule has 0 atom stereocenters. The summed E-state index contributed by atoms with van der Waals surface area (Å²) in [7, 11) is 0. The number of aromatic nitrogens is 2. The van der Waals surface area contributed by atoms with Gasteiger partial charge in [-0.15, -0.1) is 0 Å². The van der Waals surface area contributed by atoms with Crippen molar-refractivity contribution < 1.29 is 18.0 Å². The number of hydrogen-bond donors (Lipinski definition) is 1. The molecule has 1 aliphatic carbocycles. The second-order valence-electron chi connectivity index (χ2n) is 6.39. The Morgan fingerprint density at radius 1 is 1.32 bits per heavy atom. The molecule has 2 aromatic rings. The van der Waals surface area contributed by atoms with Gasteiger partial charge in [0.05, 0.1) is 19.7 Å². The summed E-state index contributed by atoms with van der Waals surface area (Å²) in [6.07, 6.45) is 1.38. The van der Waals surface area contributed by atoms with E-state index in [9.17, 15) is 18.0 Å². The van der Waals surface area contributed by atoms with Crippen LogP contribution in [0.5, 0.6) is 0 Å². The fraction of sp³-hybridized carbons (Fsp3) is 0.278. The van der Waals surface area contributed by atoms with E-state index in [1.54, 1.807) is 18.3 Å². The molecule has 0 aromatic carbocycles. The monoisotopic (exact) mass is 537 g/mol. The second-order valence-corrected chi connectivity index (χ2v) is 9.57. The van der Waals surface area contributed by atoms with Crippen molar-refractivity contribution in [2.75, 3.05) is 6.54 Å². The number of nitrogens with one attached hydrogen (secondary N) is 1. The Kier molecular flexibility index (Phi) is 6.17. The molecular formula is C18H13Br2ClF3N3O. The van der Waals surface area contributed by atoms with Crippen LogP contribution in [0, 0.1) is 0 Å². The fourth-order valence-corrected chi connectivity index (χ4v) is 3.75. The molecule has 0 aliphatic heterocycles. The van der Waals surface area contributed by atoms with Crippen LogP contribution in [0.15, 0.2) is 34.0 Å². The Bertz CT molecular complexity index is 942. The van der Waals surface area contributed by atoms with Crippen molar-refractivity contribution in [3.05, 3.63) is 61.5 Å². The largest absolute Gasteiger partial charge is 0.418 e. The van der Waals surface area contributed by atoms with Crippen molar-refractivity contribution >= 4 is 55.4 Å². The number of rotatable bonds is 5. The molecule has 0 spiro atoms. The van der Waals surface area contributed by atoms with Crippen LogP contribution in [0.2, 0.25) is 5.02 Å². The number of halogens is 6. The Balaban J connectivity index is 1.77. The summed E-state index contributed by atoms with van der Waals surface area (Å²) in [6.45, 7) is 0.129. The molecule has 2 heterocycles. The SMILES string of the molecule is O=C(NCC1(c2ncc(C=C(Br)Br)cc2Cl)CC1)c1ncccc1C(F)(F)F. The maximum absolute atomic E-state index is 13.1. The zero-order valence-electron chi connectivity index (χ0n) is 14.2. The summed E-state index contributed by atoms with van der Waals surface area (Å²) in [5, 5.41) is 3.00. The predicted octanol–water partition coefficient (Wildman–Crippen LogP) is 5.70. The van der Waals surface area contributed by atoms with Crippen LogP contribution in [0.4, 0.5) is 13.2 Å². The third kappa shape index (κ3) is 4.75. The smallest absolute Gasteiger partial charge is 0.350 e. The molecule has 0 bridgehead atoms. The third-order valence-electron chi connectivity index (χ3n) is 4.41. The topological polar surface area (TPSA) is 54.9 Å². The van der Waals surface area contributed by atoms with Gasteiger partial charge >= 0.3 is 6.18 Å². The van der Waals surface area contributed by atoms with Gasteiger partial charge in [-0.25, -0.2) is 0 Å². The normalized spacial score (nSPS) is 15.1. The maximum Gasteiger partial charge on any atom is 0.418 e. The van der Waals surface area contributed by atoms with E-state index in [1.165, 1.54) is 0 Å². The molecule has 0 unspecified atom stereocenters. The Morgan fingerprint density at radius 2 is 2.04 bits per heavy atom. The molecule has 4 nitrogen and oxygen atoms in total. The van der Waals surface area contributed by atoms with E-state index < -0.39 is 28.8 Å². The molecule has 10 heteroatoms. The predicted molar refractivity (Wildman–Crippen MR) is 108 cm³/mol. The van der Waals surface area contributed by atoms with E-state index >= 15 is 0 Å². The van der Waals surface area contributed by atoms with Crippen LogP contribution in [-0.4, -0.2) is 22.4 Å². The molecule has 28 heavy (non-hydrogen) atoms. The molecule has 2 aromatic heterocycles. The lowest BCUT2D eigenvalue weighted by molar-refractivity contribution is -0.138. The number of pyridine rings is 2. The number of hydrogen-bond acceptors (Lipinski definition) is 3. The first kappa shape index (κ1) is 21.3.